The summed E-state index contributed by atoms with van der Waals surface area (Å²) in [5, 5.41) is 5.10. The van der Waals surface area contributed by atoms with E-state index in [1.807, 2.05) is 0 Å². The van der Waals surface area contributed by atoms with Crippen LogP contribution in [0.15, 0.2) is 170 Å². The van der Waals surface area contributed by atoms with Crippen molar-refractivity contribution in [2.75, 3.05) is 0 Å². The number of hydrogen-bond donors (Lipinski definition) is 0. The van der Waals surface area contributed by atoms with Crippen molar-refractivity contribution < 1.29 is 0 Å². The number of nitrogens with zero attached hydrogens (tertiary/aromatic N) is 2. The predicted octanol–water partition coefficient (Wildman–Crippen LogP) is 11.2. The van der Waals surface area contributed by atoms with Gasteiger partial charge in [0.2, 0.25) is 0 Å². The summed E-state index contributed by atoms with van der Waals surface area (Å²) in [6.07, 6.45) is 0. The van der Waals surface area contributed by atoms with Gasteiger partial charge in [0, 0.05) is 32.9 Å². The van der Waals surface area contributed by atoms with E-state index in [2.05, 4.69) is 179 Å². The molecule has 0 aliphatic carbocycles. The molecule has 0 bridgehead atoms. The van der Waals surface area contributed by atoms with Gasteiger partial charge in [-0.05, 0) is 76.9 Å². The molecule has 0 radical (unpaired) electrons. The number of hydrogen-bond acceptors (Lipinski definition) is 0. The molecule has 2 aromatic heterocycles. The molecule has 7 aromatic carbocycles. The van der Waals surface area contributed by atoms with Crippen molar-refractivity contribution in [1.29, 1.82) is 0 Å². The number of benzene rings is 7. The van der Waals surface area contributed by atoms with E-state index in [4.69, 9.17) is 0 Å². The Kier molecular flexibility index (Phi) is 5.54. The van der Waals surface area contributed by atoms with Crippen LogP contribution in [-0.4, -0.2) is 9.13 Å². The number of fused-ring (bicyclic) bond motifs is 7. The summed E-state index contributed by atoms with van der Waals surface area (Å²) >= 11 is 0. The van der Waals surface area contributed by atoms with Gasteiger partial charge in [-0.25, -0.2) is 0 Å². The minimum atomic E-state index is 1.16. The van der Waals surface area contributed by atoms with E-state index in [1.165, 1.54) is 71.6 Å². The van der Waals surface area contributed by atoms with Crippen LogP contribution in [0.5, 0.6) is 0 Å². The first-order valence-corrected chi connectivity index (χ1v) is 15.1. The maximum Gasteiger partial charge on any atom is 0.0548 e. The molecule has 0 saturated carbocycles. The van der Waals surface area contributed by atoms with Gasteiger partial charge >= 0.3 is 0 Å². The third-order valence-electron chi connectivity index (χ3n) is 8.92. The molecule has 0 aliphatic heterocycles. The molecule has 0 aliphatic rings. The largest absolute Gasteiger partial charge is 0.309 e. The van der Waals surface area contributed by atoms with Crippen molar-refractivity contribution in [3.63, 3.8) is 0 Å². The van der Waals surface area contributed by atoms with Gasteiger partial charge in [0.1, 0.15) is 0 Å². The van der Waals surface area contributed by atoms with Crippen molar-refractivity contribution in [3.8, 4) is 33.6 Å². The Morgan fingerprint density at radius 3 is 1.36 bits per heavy atom. The van der Waals surface area contributed by atoms with Crippen LogP contribution < -0.4 is 0 Å². The predicted molar refractivity (Wildman–Crippen MR) is 186 cm³/mol. The third kappa shape index (κ3) is 3.75. The van der Waals surface area contributed by atoms with Gasteiger partial charge in [0.25, 0.3) is 0 Å². The second-order valence-corrected chi connectivity index (χ2v) is 11.4. The van der Waals surface area contributed by atoms with Gasteiger partial charge < -0.3 is 9.13 Å². The Labute approximate surface area is 255 Å². The minimum Gasteiger partial charge on any atom is -0.309 e. The zero-order chi connectivity index (χ0) is 29.0. The fourth-order valence-corrected chi connectivity index (χ4v) is 6.95. The summed E-state index contributed by atoms with van der Waals surface area (Å²) in [7, 11) is 0. The van der Waals surface area contributed by atoms with Crippen molar-refractivity contribution in [3.05, 3.63) is 170 Å². The lowest BCUT2D eigenvalue weighted by molar-refractivity contribution is 1.17. The molecule has 206 valence electrons. The van der Waals surface area contributed by atoms with Gasteiger partial charge in [-0.1, -0.05) is 115 Å². The molecule has 0 fully saturated rings. The molecule has 44 heavy (non-hydrogen) atoms. The number of rotatable bonds is 4. The standard InChI is InChI=1S/C42H28N2/c1-4-12-29(13-5-1)31-20-23-34(24-21-31)44-38-25-22-32(30-14-6-2-7-15-30)28-36(38)42-40(44)27-26-39-41(42)35-18-10-11-19-37(35)43(39)33-16-8-3-9-17-33/h1-28H. The van der Waals surface area contributed by atoms with E-state index in [-0.39, 0.29) is 0 Å². The van der Waals surface area contributed by atoms with E-state index in [0.29, 0.717) is 0 Å². The quantitative estimate of drug-likeness (QED) is 0.203. The first-order chi connectivity index (χ1) is 21.8. The maximum absolute atomic E-state index is 2.43. The zero-order valence-electron chi connectivity index (χ0n) is 24.1. The Hall–Kier alpha value is -5.86. The molecule has 0 spiro atoms. The van der Waals surface area contributed by atoms with E-state index in [1.54, 1.807) is 0 Å². The van der Waals surface area contributed by atoms with Crippen LogP contribution in [0.2, 0.25) is 0 Å². The lowest BCUT2D eigenvalue weighted by atomic mass is 10.0. The summed E-state index contributed by atoms with van der Waals surface area (Å²) < 4.78 is 4.84. The van der Waals surface area contributed by atoms with Crippen molar-refractivity contribution >= 4 is 43.6 Å². The van der Waals surface area contributed by atoms with E-state index in [0.717, 1.165) is 5.69 Å². The average Bonchev–Trinajstić information content (AvgIpc) is 3.62. The molecule has 0 saturated heterocycles. The average molecular weight is 561 g/mol. The molecule has 9 rings (SSSR count). The lowest BCUT2D eigenvalue weighted by Gasteiger charge is -2.10. The number of para-hydroxylation sites is 2. The van der Waals surface area contributed by atoms with Crippen LogP contribution in [-0.2, 0) is 0 Å². The zero-order valence-corrected chi connectivity index (χ0v) is 24.1. The van der Waals surface area contributed by atoms with E-state index >= 15 is 0 Å². The summed E-state index contributed by atoms with van der Waals surface area (Å²) in [6.45, 7) is 0. The SMILES string of the molecule is c1ccc(-c2ccc(-n3c4ccc(-c5ccccc5)cc4c4c5c6ccccc6n(-c6ccccc6)c5ccc43)cc2)cc1. The van der Waals surface area contributed by atoms with Crippen LogP contribution in [0, 0.1) is 0 Å². The van der Waals surface area contributed by atoms with Gasteiger partial charge in [0.05, 0.1) is 22.1 Å². The van der Waals surface area contributed by atoms with Crippen LogP contribution in [0.25, 0.3) is 77.2 Å². The van der Waals surface area contributed by atoms with Gasteiger partial charge in [-0.15, -0.1) is 0 Å². The Morgan fingerprint density at radius 1 is 0.273 bits per heavy atom. The summed E-state index contributed by atoms with van der Waals surface area (Å²) in [4.78, 5) is 0. The molecule has 0 N–H and O–H groups in total. The van der Waals surface area contributed by atoms with Crippen LogP contribution in [0.1, 0.15) is 0 Å². The fourth-order valence-electron chi connectivity index (χ4n) is 6.95. The molecule has 2 heterocycles. The molecule has 0 unspecified atom stereocenters. The summed E-state index contributed by atoms with van der Waals surface area (Å²) in [5.74, 6) is 0. The molecule has 2 nitrogen and oxygen atoms in total. The highest BCUT2D eigenvalue weighted by molar-refractivity contribution is 6.29. The minimum absolute atomic E-state index is 1.16. The van der Waals surface area contributed by atoms with Crippen molar-refractivity contribution in [2.45, 2.75) is 0 Å². The van der Waals surface area contributed by atoms with Gasteiger partial charge in [0.15, 0.2) is 0 Å². The molecule has 9 aromatic rings. The first-order valence-electron chi connectivity index (χ1n) is 15.1. The van der Waals surface area contributed by atoms with Crippen molar-refractivity contribution in [2.24, 2.45) is 0 Å². The normalized spacial score (nSPS) is 11.6. The molecule has 2 heteroatoms. The molecule has 0 amide bonds. The molecule has 0 atom stereocenters. The Balaban J connectivity index is 1.39. The highest BCUT2D eigenvalue weighted by atomic mass is 15.0. The maximum atomic E-state index is 2.43. The smallest absolute Gasteiger partial charge is 0.0548 e. The van der Waals surface area contributed by atoms with E-state index in [9.17, 15) is 0 Å². The fraction of sp³-hybridized carbons (Fsp3) is 0. The highest BCUT2D eigenvalue weighted by Gasteiger charge is 2.21. The lowest BCUT2D eigenvalue weighted by Crippen LogP contribution is -1.95. The Morgan fingerprint density at radius 2 is 0.705 bits per heavy atom. The molecular formula is C42H28N2. The second-order valence-electron chi connectivity index (χ2n) is 11.4. The topological polar surface area (TPSA) is 9.86 Å². The summed E-state index contributed by atoms with van der Waals surface area (Å²) in [5.41, 5.74) is 12.1. The first kappa shape index (κ1) is 24.7. The highest BCUT2D eigenvalue weighted by Crippen LogP contribution is 2.43. The van der Waals surface area contributed by atoms with Gasteiger partial charge in [-0.3, -0.25) is 0 Å². The Bertz CT molecular complexity index is 2450. The van der Waals surface area contributed by atoms with Crippen molar-refractivity contribution in [1.82, 2.24) is 9.13 Å². The summed E-state index contributed by atoms with van der Waals surface area (Å²) in [6, 6.07) is 61.3. The van der Waals surface area contributed by atoms with Crippen LogP contribution in [0.4, 0.5) is 0 Å². The monoisotopic (exact) mass is 560 g/mol. The van der Waals surface area contributed by atoms with E-state index < -0.39 is 0 Å². The second kappa shape index (κ2) is 9.86. The van der Waals surface area contributed by atoms with Crippen LogP contribution >= 0.6 is 0 Å². The van der Waals surface area contributed by atoms with Crippen LogP contribution in [0.3, 0.4) is 0 Å². The number of aromatic nitrogens is 2. The van der Waals surface area contributed by atoms with Gasteiger partial charge in [-0.2, -0.15) is 0 Å². The molecular weight excluding hydrogens is 532 g/mol. The third-order valence-corrected chi connectivity index (χ3v) is 8.92.